The predicted molar refractivity (Wildman–Crippen MR) is 37.3 cm³/mol. The van der Waals surface area contributed by atoms with E-state index in [1.54, 1.807) is 0 Å². The van der Waals surface area contributed by atoms with Crippen LogP contribution in [0.2, 0.25) is 0 Å². The van der Waals surface area contributed by atoms with Crippen LogP contribution in [0.25, 0.3) is 0 Å². The molecule has 0 aromatic heterocycles. The van der Waals surface area contributed by atoms with Gasteiger partial charge in [0.2, 0.25) is 0 Å². The Balaban J connectivity index is 2.11. The number of hydrogen-bond donors (Lipinski definition) is 0. The second-order valence-electron chi connectivity index (χ2n) is 2.78. The Bertz CT molecular complexity index is 103. The molecule has 46 valence electrons. The molecule has 2 atom stereocenters. The monoisotopic (exact) mass is 129 g/mol. The van der Waals surface area contributed by atoms with Gasteiger partial charge in [0.15, 0.2) is 0 Å². The average molecular weight is 129 g/mol. The topological polar surface area (TPSA) is 3.24 Å². The van der Waals surface area contributed by atoms with Gasteiger partial charge in [-0.3, -0.25) is 0 Å². The summed E-state index contributed by atoms with van der Waals surface area (Å²) in [7, 11) is 2.24. The molecule has 2 heterocycles. The molecule has 0 aliphatic carbocycles. The standard InChI is InChI=1S/C6H11NS/c1-7-3-6-2-5(7)4-8-6/h5-6H,2-4H2,1H3/t5-,6?/m1/s1. The van der Waals surface area contributed by atoms with Crippen molar-refractivity contribution >= 4 is 11.8 Å². The molecule has 2 bridgehead atoms. The zero-order chi connectivity index (χ0) is 5.56. The molecule has 0 amide bonds. The maximum Gasteiger partial charge on any atom is 0.0194 e. The molecule has 0 aromatic carbocycles. The molecule has 0 saturated carbocycles. The summed E-state index contributed by atoms with van der Waals surface area (Å²) in [5.41, 5.74) is 0. The quantitative estimate of drug-likeness (QED) is 0.476. The Morgan fingerprint density at radius 1 is 1.62 bits per heavy atom. The highest BCUT2D eigenvalue weighted by molar-refractivity contribution is 8.00. The van der Waals surface area contributed by atoms with Crippen LogP contribution < -0.4 is 0 Å². The van der Waals surface area contributed by atoms with Gasteiger partial charge in [-0.1, -0.05) is 0 Å². The lowest BCUT2D eigenvalue weighted by molar-refractivity contribution is 0.332. The van der Waals surface area contributed by atoms with Gasteiger partial charge in [0.1, 0.15) is 0 Å². The van der Waals surface area contributed by atoms with Crippen molar-refractivity contribution < 1.29 is 0 Å². The summed E-state index contributed by atoms with van der Waals surface area (Å²) in [6.07, 6.45) is 1.46. The van der Waals surface area contributed by atoms with E-state index in [2.05, 4.69) is 23.7 Å². The smallest absolute Gasteiger partial charge is 0.0194 e. The van der Waals surface area contributed by atoms with Gasteiger partial charge in [-0.05, 0) is 13.5 Å². The number of fused-ring (bicyclic) bond motifs is 2. The number of likely N-dealkylation sites (tertiary alicyclic amines) is 1. The minimum absolute atomic E-state index is 0.935. The van der Waals surface area contributed by atoms with E-state index in [1.807, 2.05) is 0 Å². The summed E-state index contributed by atoms with van der Waals surface area (Å²) in [6, 6.07) is 0.935. The molecule has 0 N–H and O–H groups in total. The lowest BCUT2D eigenvalue weighted by Gasteiger charge is -2.20. The zero-order valence-corrected chi connectivity index (χ0v) is 5.95. The molecule has 1 nitrogen and oxygen atoms in total. The summed E-state index contributed by atoms with van der Waals surface area (Å²) in [4.78, 5) is 2.49. The molecule has 2 rings (SSSR count). The Labute approximate surface area is 54.4 Å². The van der Waals surface area contributed by atoms with Gasteiger partial charge in [-0.2, -0.15) is 11.8 Å². The molecule has 2 aliphatic heterocycles. The Morgan fingerprint density at radius 3 is 2.75 bits per heavy atom. The normalized spacial score (nSPS) is 46.1. The van der Waals surface area contributed by atoms with Crippen LogP contribution in [-0.4, -0.2) is 35.5 Å². The summed E-state index contributed by atoms with van der Waals surface area (Å²) in [6.45, 7) is 1.34. The van der Waals surface area contributed by atoms with Gasteiger partial charge in [-0.25, -0.2) is 0 Å². The minimum atomic E-state index is 0.935. The molecule has 0 aromatic rings. The highest BCUT2D eigenvalue weighted by Crippen LogP contribution is 2.35. The third kappa shape index (κ3) is 0.594. The van der Waals surface area contributed by atoms with Crippen molar-refractivity contribution in [2.45, 2.75) is 17.7 Å². The van der Waals surface area contributed by atoms with Crippen LogP contribution in [0.3, 0.4) is 0 Å². The Morgan fingerprint density at radius 2 is 2.50 bits per heavy atom. The van der Waals surface area contributed by atoms with Crippen LogP contribution in [0.4, 0.5) is 0 Å². The van der Waals surface area contributed by atoms with Crippen molar-refractivity contribution in [1.82, 2.24) is 4.90 Å². The fourth-order valence-corrected chi connectivity index (χ4v) is 3.18. The van der Waals surface area contributed by atoms with E-state index in [4.69, 9.17) is 0 Å². The molecule has 2 heteroatoms. The van der Waals surface area contributed by atoms with Gasteiger partial charge < -0.3 is 4.90 Å². The first-order valence-corrected chi connectivity index (χ1v) is 4.23. The second kappa shape index (κ2) is 1.64. The zero-order valence-electron chi connectivity index (χ0n) is 5.13. The highest BCUT2D eigenvalue weighted by atomic mass is 32.2. The van der Waals surface area contributed by atoms with Crippen molar-refractivity contribution in [2.75, 3.05) is 19.3 Å². The molecular formula is C6H11NS. The fourth-order valence-electron chi connectivity index (χ4n) is 1.59. The maximum absolute atomic E-state index is 2.49. The Kier molecular flexibility index (Phi) is 1.05. The predicted octanol–water partition coefficient (Wildman–Crippen LogP) is 0.806. The fraction of sp³-hybridized carbons (Fsp3) is 1.00. The maximum atomic E-state index is 2.49. The SMILES string of the molecule is CN1CC2C[C@@H]1CS2. The molecule has 2 saturated heterocycles. The first kappa shape index (κ1) is 5.12. The molecule has 1 unspecified atom stereocenters. The van der Waals surface area contributed by atoms with E-state index in [0.717, 1.165) is 11.3 Å². The molecule has 0 radical (unpaired) electrons. The molecule has 8 heavy (non-hydrogen) atoms. The molecule has 0 spiro atoms. The van der Waals surface area contributed by atoms with E-state index in [-0.39, 0.29) is 0 Å². The van der Waals surface area contributed by atoms with Crippen LogP contribution in [0.1, 0.15) is 6.42 Å². The number of nitrogens with zero attached hydrogens (tertiary/aromatic N) is 1. The summed E-state index contributed by atoms with van der Waals surface area (Å²) in [5.74, 6) is 1.39. The van der Waals surface area contributed by atoms with Crippen LogP contribution >= 0.6 is 11.8 Å². The summed E-state index contributed by atoms with van der Waals surface area (Å²) < 4.78 is 0. The van der Waals surface area contributed by atoms with Crippen LogP contribution in [-0.2, 0) is 0 Å². The van der Waals surface area contributed by atoms with Crippen molar-refractivity contribution in [3.05, 3.63) is 0 Å². The van der Waals surface area contributed by atoms with Gasteiger partial charge in [-0.15, -0.1) is 0 Å². The average Bonchev–Trinajstić information content (AvgIpc) is 2.23. The first-order valence-electron chi connectivity index (χ1n) is 3.18. The largest absolute Gasteiger partial charge is 0.301 e. The third-order valence-corrected chi connectivity index (χ3v) is 3.56. The van der Waals surface area contributed by atoms with E-state index >= 15 is 0 Å². The van der Waals surface area contributed by atoms with Crippen LogP contribution in [0.5, 0.6) is 0 Å². The number of thioether (sulfide) groups is 1. The van der Waals surface area contributed by atoms with E-state index in [9.17, 15) is 0 Å². The van der Waals surface area contributed by atoms with Crippen molar-refractivity contribution in [3.8, 4) is 0 Å². The van der Waals surface area contributed by atoms with Crippen LogP contribution in [0.15, 0.2) is 0 Å². The van der Waals surface area contributed by atoms with Gasteiger partial charge >= 0.3 is 0 Å². The highest BCUT2D eigenvalue weighted by Gasteiger charge is 2.35. The summed E-state index contributed by atoms with van der Waals surface area (Å²) >= 11 is 2.15. The number of hydrogen-bond acceptors (Lipinski definition) is 2. The van der Waals surface area contributed by atoms with E-state index in [0.29, 0.717) is 0 Å². The third-order valence-electron chi connectivity index (χ3n) is 2.17. The minimum Gasteiger partial charge on any atom is -0.301 e. The molecular weight excluding hydrogens is 118 g/mol. The van der Waals surface area contributed by atoms with E-state index in [1.165, 1.54) is 18.7 Å². The molecule has 2 aliphatic rings. The van der Waals surface area contributed by atoms with Crippen molar-refractivity contribution in [1.29, 1.82) is 0 Å². The lowest BCUT2D eigenvalue weighted by Crippen LogP contribution is -2.29. The first-order chi connectivity index (χ1) is 3.86. The van der Waals surface area contributed by atoms with Crippen LogP contribution in [0, 0.1) is 0 Å². The van der Waals surface area contributed by atoms with Crippen molar-refractivity contribution in [3.63, 3.8) is 0 Å². The van der Waals surface area contributed by atoms with E-state index < -0.39 is 0 Å². The summed E-state index contributed by atoms with van der Waals surface area (Å²) in [5, 5.41) is 0.991. The van der Waals surface area contributed by atoms with Gasteiger partial charge in [0.25, 0.3) is 0 Å². The molecule has 2 fully saturated rings. The van der Waals surface area contributed by atoms with Gasteiger partial charge in [0, 0.05) is 23.6 Å². The van der Waals surface area contributed by atoms with Crippen molar-refractivity contribution in [2.24, 2.45) is 0 Å². The van der Waals surface area contributed by atoms with Gasteiger partial charge in [0.05, 0.1) is 0 Å². The Hall–Kier alpha value is 0.310. The lowest BCUT2D eigenvalue weighted by atomic mass is 10.2. The number of rotatable bonds is 0. The second-order valence-corrected chi connectivity index (χ2v) is 4.12.